The molecule has 1 aromatic heterocycles. The molecule has 0 unspecified atom stereocenters. The Labute approximate surface area is 157 Å². The maximum Gasteiger partial charge on any atom is 0.312 e. The molecule has 0 aliphatic heterocycles. The summed E-state index contributed by atoms with van der Waals surface area (Å²) in [5.74, 6) is -0.489. The molecule has 3 aromatic rings. The molecule has 6 nitrogen and oxygen atoms in total. The van der Waals surface area contributed by atoms with Crippen LogP contribution in [0.2, 0.25) is 0 Å². The molecule has 27 heavy (non-hydrogen) atoms. The summed E-state index contributed by atoms with van der Waals surface area (Å²) >= 11 is 0. The van der Waals surface area contributed by atoms with Gasteiger partial charge in [-0.2, -0.15) is 0 Å². The van der Waals surface area contributed by atoms with Gasteiger partial charge in [-0.05, 0) is 37.1 Å². The molecule has 0 radical (unpaired) electrons. The molecule has 0 fully saturated rings. The van der Waals surface area contributed by atoms with Crippen molar-refractivity contribution in [1.82, 2.24) is 4.98 Å². The fourth-order valence-electron chi connectivity index (χ4n) is 2.63. The molecule has 0 spiro atoms. The summed E-state index contributed by atoms with van der Waals surface area (Å²) in [6.45, 7) is 3.46. The highest BCUT2D eigenvalue weighted by Crippen LogP contribution is 2.20. The average Bonchev–Trinajstić information content (AvgIpc) is 3.12. The van der Waals surface area contributed by atoms with E-state index in [2.05, 4.69) is 10.3 Å². The van der Waals surface area contributed by atoms with Gasteiger partial charge in [0, 0.05) is 11.3 Å². The fourth-order valence-corrected chi connectivity index (χ4v) is 2.63. The predicted molar refractivity (Wildman–Crippen MR) is 101 cm³/mol. The maximum atomic E-state index is 12.0. The number of para-hydroxylation sites is 1. The normalized spacial score (nSPS) is 10.4. The molecule has 138 valence electrons. The number of hydrogen-bond acceptors (Lipinski definition) is 5. The van der Waals surface area contributed by atoms with E-state index in [1.165, 1.54) is 6.26 Å². The van der Waals surface area contributed by atoms with E-state index in [1.54, 1.807) is 0 Å². The first kappa shape index (κ1) is 18.4. The van der Waals surface area contributed by atoms with Crippen molar-refractivity contribution in [1.29, 1.82) is 0 Å². The van der Waals surface area contributed by atoms with Gasteiger partial charge < -0.3 is 14.5 Å². The minimum absolute atomic E-state index is 0.0625. The summed E-state index contributed by atoms with van der Waals surface area (Å²) in [7, 11) is 0. The summed E-state index contributed by atoms with van der Waals surface area (Å²) in [6.07, 6.45) is 1.35. The largest absolute Gasteiger partial charge is 0.455 e. The molecular weight excluding hydrogens is 344 g/mol. The number of anilines is 1. The van der Waals surface area contributed by atoms with E-state index in [4.69, 9.17) is 9.15 Å². The zero-order valence-electron chi connectivity index (χ0n) is 15.2. The Morgan fingerprint density at radius 2 is 1.74 bits per heavy atom. The number of nitrogens with one attached hydrogen (secondary N) is 1. The number of oxazole rings is 1. The maximum absolute atomic E-state index is 12.0. The van der Waals surface area contributed by atoms with Crippen LogP contribution in [-0.4, -0.2) is 23.5 Å². The van der Waals surface area contributed by atoms with Crippen LogP contribution in [0, 0.1) is 13.8 Å². The van der Waals surface area contributed by atoms with Gasteiger partial charge in [0.05, 0.1) is 12.1 Å². The van der Waals surface area contributed by atoms with Crippen LogP contribution in [0.3, 0.4) is 0 Å². The Hall–Kier alpha value is -3.41. The highest BCUT2D eigenvalue weighted by Gasteiger charge is 2.14. The van der Waals surface area contributed by atoms with Crippen LogP contribution >= 0.6 is 0 Å². The van der Waals surface area contributed by atoms with Gasteiger partial charge in [-0.25, -0.2) is 4.98 Å². The van der Waals surface area contributed by atoms with E-state index < -0.39 is 5.97 Å². The Balaban J connectivity index is 1.51. The highest BCUT2D eigenvalue weighted by molar-refractivity contribution is 5.94. The van der Waals surface area contributed by atoms with Gasteiger partial charge in [0.25, 0.3) is 5.91 Å². The number of hydrogen-bond donors (Lipinski definition) is 1. The predicted octanol–water partition coefficient (Wildman–Crippen LogP) is 3.68. The van der Waals surface area contributed by atoms with Gasteiger partial charge in [-0.1, -0.05) is 36.4 Å². The number of aryl methyl sites for hydroxylation is 2. The summed E-state index contributed by atoms with van der Waals surface area (Å²) in [5.41, 5.74) is 3.91. The second-order valence-electron chi connectivity index (χ2n) is 6.16. The number of aromatic nitrogens is 1. The first-order valence-corrected chi connectivity index (χ1v) is 8.54. The molecule has 0 bridgehead atoms. The van der Waals surface area contributed by atoms with Crippen LogP contribution in [0.25, 0.3) is 11.5 Å². The quantitative estimate of drug-likeness (QED) is 0.675. The lowest BCUT2D eigenvalue weighted by Gasteiger charge is -2.11. The van der Waals surface area contributed by atoms with Gasteiger partial charge in [-0.15, -0.1) is 0 Å². The van der Waals surface area contributed by atoms with Crippen molar-refractivity contribution in [3.8, 4) is 11.5 Å². The molecule has 0 saturated heterocycles. The fraction of sp³-hybridized carbons (Fsp3) is 0.190. The van der Waals surface area contributed by atoms with E-state index in [9.17, 15) is 9.59 Å². The van der Waals surface area contributed by atoms with Gasteiger partial charge in [0.2, 0.25) is 5.89 Å². The Bertz CT molecular complexity index is 928. The summed E-state index contributed by atoms with van der Waals surface area (Å²) in [5, 5.41) is 2.77. The van der Waals surface area contributed by atoms with Crippen molar-refractivity contribution in [2.45, 2.75) is 20.3 Å². The second-order valence-corrected chi connectivity index (χ2v) is 6.16. The number of esters is 1. The Morgan fingerprint density at radius 3 is 2.44 bits per heavy atom. The zero-order chi connectivity index (χ0) is 19.2. The van der Waals surface area contributed by atoms with E-state index in [0.717, 1.165) is 22.4 Å². The average molecular weight is 364 g/mol. The van der Waals surface area contributed by atoms with Crippen LogP contribution in [0.15, 0.2) is 59.2 Å². The van der Waals surface area contributed by atoms with Crippen molar-refractivity contribution in [2.75, 3.05) is 11.9 Å². The van der Waals surface area contributed by atoms with Crippen LogP contribution in [0.5, 0.6) is 0 Å². The SMILES string of the molecule is Cc1cccc(C)c1NC(=O)COC(=O)Cc1coc(-c2ccccc2)n1. The van der Waals surface area contributed by atoms with Gasteiger partial charge in [0.15, 0.2) is 6.61 Å². The first-order valence-electron chi connectivity index (χ1n) is 8.54. The van der Waals surface area contributed by atoms with Gasteiger partial charge in [-0.3, -0.25) is 9.59 Å². The number of carbonyl (C=O) groups is 2. The summed E-state index contributed by atoms with van der Waals surface area (Å²) in [4.78, 5) is 28.3. The van der Waals surface area contributed by atoms with E-state index in [-0.39, 0.29) is 18.9 Å². The number of nitrogens with zero attached hydrogens (tertiary/aromatic N) is 1. The molecule has 0 aliphatic carbocycles. The van der Waals surface area contributed by atoms with E-state index in [0.29, 0.717) is 11.6 Å². The smallest absolute Gasteiger partial charge is 0.312 e. The lowest BCUT2D eigenvalue weighted by molar-refractivity contribution is -0.146. The molecular formula is C21H20N2O4. The molecule has 1 heterocycles. The third kappa shape index (κ3) is 4.82. The molecule has 0 atom stereocenters. The minimum atomic E-state index is -0.542. The van der Waals surface area contributed by atoms with E-state index in [1.807, 2.05) is 62.4 Å². The Morgan fingerprint density at radius 1 is 1.04 bits per heavy atom. The number of benzene rings is 2. The summed E-state index contributed by atoms with van der Waals surface area (Å²) < 4.78 is 10.4. The lowest BCUT2D eigenvalue weighted by Crippen LogP contribution is -2.22. The molecule has 2 aromatic carbocycles. The molecule has 0 saturated carbocycles. The van der Waals surface area contributed by atoms with Crippen molar-refractivity contribution in [3.63, 3.8) is 0 Å². The molecule has 3 rings (SSSR count). The van der Waals surface area contributed by atoms with Crippen molar-refractivity contribution in [2.24, 2.45) is 0 Å². The Kier molecular flexibility index (Phi) is 5.66. The van der Waals surface area contributed by atoms with Crippen LogP contribution in [0.1, 0.15) is 16.8 Å². The molecule has 1 amide bonds. The van der Waals surface area contributed by atoms with Crippen molar-refractivity contribution in [3.05, 3.63) is 71.6 Å². The summed E-state index contributed by atoms with van der Waals surface area (Å²) in [6, 6.07) is 15.1. The van der Waals surface area contributed by atoms with Crippen molar-refractivity contribution >= 4 is 17.6 Å². The molecule has 6 heteroatoms. The molecule has 0 aliphatic rings. The highest BCUT2D eigenvalue weighted by atomic mass is 16.5. The standard InChI is InChI=1S/C21H20N2O4/c1-14-7-6-8-15(2)20(14)23-18(24)13-26-19(25)11-17-12-27-21(22-17)16-9-4-3-5-10-16/h3-10,12H,11,13H2,1-2H3,(H,23,24). The van der Waals surface area contributed by atoms with Crippen LogP contribution in [0.4, 0.5) is 5.69 Å². The number of rotatable bonds is 6. The van der Waals surface area contributed by atoms with Crippen molar-refractivity contribution < 1.29 is 18.7 Å². The van der Waals surface area contributed by atoms with E-state index >= 15 is 0 Å². The van der Waals surface area contributed by atoms with Gasteiger partial charge in [0.1, 0.15) is 6.26 Å². The second kappa shape index (κ2) is 8.31. The first-order chi connectivity index (χ1) is 13.0. The number of carbonyl (C=O) groups excluding carboxylic acids is 2. The minimum Gasteiger partial charge on any atom is -0.455 e. The third-order valence-electron chi connectivity index (χ3n) is 4.01. The molecule has 1 N–H and O–H groups in total. The number of ether oxygens (including phenoxy) is 1. The van der Waals surface area contributed by atoms with Crippen LogP contribution in [-0.2, 0) is 20.7 Å². The number of amides is 1. The monoisotopic (exact) mass is 364 g/mol. The topological polar surface area (TPSA) is 81.4 Å². The van der Waals surface area contributed by atoms with Crippen LogP contribution < -0.4 is 5.32 Å². The zero-order valence-corrected chi connectivity index (χ0v) is 15.2. The third-order valence-corrected chi connectivity index (χ3v) is 4.01. The van der Waals surface area contributed by atoms with Gasteiger partial charge >= 0.3 is 5.97 Å². The lowest BCUT2D eigenvalue weighted by atomic mass is 10.1.